The maximum atomic E-state index is 9.31. The van der Waals surface area contributed by atoms with Crippen molar-refractivity contribution in [1.29, 1.82) is 10.7 Å². The molecule has 128 valence electrons. The van der Waals surface area contributed by atoms with Crippen LogP contribution in [0.3, 0.4) is 0 Å². The highest BCUT2D eigenvalue weighted by Gasteiger charge is 2.25. The van der Waals surface area contributed by atoms with Gasteiger partial charge in [0.25, 0.3) is 0 Å². The Kier molecular flexibility index (Phi) is 9.61. The van der Waals surface area contributed by atoms with Gasteiger partial charge in [0.2, 0.25) is 0 Å². The maximum Gasteiger partial charge on any atom is 0.188 e. The number of benzene rings is 1. The fourth-order valence-corrected chi connectivity index (χ4v) is 2.63. The molecule has 1 unspecified atom stereocenters. The van der Waals surface area contributed by atoms with Crippen LogP contribution in [0.5, 0.6) is 0 Å². The van der Waals surface area contributed by atoms with E-state index in [-0.39, 0.29) is 24.2 Å². The number of nitrogens with one attached hydrogen (secondary N) is 1. The van der Waals surface area contributed by atoms with Crippen molar-refractivity contribution in [1.82, 2.24) is 0 Å². The normalized spacial score (nSPS) is 12.0. The number of hydrogen-bond acceptors (Lipinski definition) is 3. The van der Waals surface area contributed by atoms with Crippen molar-refractivity contribution < 1.29 is 4.74 Å². The first-order valence-corrected chi connectivity index (χ1v) is 8.27. The van der Waals surface area contributed by atoms with Gasteiger partial charge < -0.3 is 4.74 Å². The van der Waals surface area contributed by atoms with Crippen molar-refractivity contribution in [2.75, 3.05) is 12.5 Å². The molecule has 1 rings (SSSR count). The Balaban J connectivity index is 0.00000484. The van der Waals surface area contributed by atoms with E-state index in [0.29, 0.717) is 23.9 Å². The summed E-state index contributed by atoms with van der Waals surface area (Å²) < 4.78 is 5.38. The van der Waals surface area contributed by atoms with Crippen molar-refractivity contribution in [3.05, 3.63) is 34.3 Å². The van der Waals surface area contributed by atoms with E-state index in [1.807, 2.05) is 32.9 Å². The maximum absolute atomic E-state index is 9.31. The molecule has 0 bridgehead atoms. The van der Waals surface area contributed by atoms with E-state index in [2.05, 4.69) is 6.07 Å². The molecule has 0 saturated heterocycles. The number of halogens is 3. The zero-order chi connectivity index (χ0) is 16.8. The summed E-state index contributed by atoms with van der Waals surface area (Å²) in [5.41, 5.74) is 1.10. The minimum atomic E-state index is -0.607. The highest BCUT2D eigenvalue weighted by molar-refractivity contribution is 6.31. The zero-order valence-corrected chi connectivity index (χ0v) is 16.0. The summed E-state index contributed by atoms with van der Waals surface area (Å²) in [6, 6.07) is 7.86. The number of ether oxygens (including phenoxy) is 1. The highest BCUT2D eigenvalue weighted by Crippen LogP contribution is 2.34. The van der Waals surface area contributed by atoms with E-state index in [1.165, 1.54) is 0 Å². The van der Waals surface area contributed by atoms with Gasteiger partial charge in [-0.2, -0.15) is 5.26 Å². The van der Waals surface area contributed by atoms with Gasteiger partial charge in [-0.25, -0.2) is 0 Å². The minimum absolute atomic E-state index is 0. The standard InChI is InChI=1S/C17H22Cl2N2O.ClH/c1-4-22-16(21)13(6-5-9-18)14-10-12(7-8-15(14)19)17(2,3)11-20;/h7-8,10,13,21H,4-6,9H2,1-3H3;1H. The van der Waals surface area contributed by atoms with Crippen molar-refractivity contribution >= 4 is 41.5 Å². The molecule has 1 N–H and O–H groups in total. The first kappa shape index (κ1) is 22.1. The highest BCUT2D eigenvalue weighted by atomic mass is 35.5. The molecule has 0 spiro atoms. The Morgan fingerprint density at radius 3 is 2.61 bits per heavy atom. The van der Waals surface area contributed by atoms with E-state index in [0.717, 1.165) is 17.5 Å². The Hall–Kier alpha value is -0.950. The monoisotopic (exact) mass is 376 g/mol. The van der Waals surface area contributed by atoms with E-state index in [9.17, 15) is 5.26 Å². The van der Waals surface area contributed by atoms with Crippen molar-refractivity contribution in [2.45, 2.75) is 44.9 Å². The molecular weight excluding hydrogens is 355 g/mol. The molecule has 1 atom stereocenters. The Labute approximate surface area is 154 Å². The SMILES string of the molecule is CCOC(=N)C(CCCCl)c1cc(C(C)(C)C#N)ccc1Cl.Cl. The van der Waals surface area contributed by atoms with Crippen LogP contribution in [-0.4, -0.2) is 18.4 Å². The summed E-state index contributed by atoms with van der Waals surface area (Å²) in [5.74, 6) is 0.485. The molecule has 0 amide bonds. The lowest BCUT2D eigenvalue weighted by Crippen LogP contribution is -2.19. The summed E-state index contributed by atoms with van der Waals surface area (Å²) in [5, 5.41) is 18.0. The Bertz CT molecular complexity index is 567. The molecule has 23 heavy (non-hydrogen) atoms. The van der Waals surface area contributed by atoms with Crippen LogP contribution in [0.25, 0.3) is 0 Å². The van der Waals surface area contributed by atoms with Crippen LogP contribution in [0.1, 0.15) is 50.7 Å². The summed E-state index contributed by atoms with van der Waals surface area (Å²) in [6.07, 6.45) is 1.46. The molecule has 0 saturated carbocycles. The third kappa shape index (κ3) is 5.88. The molecule has 0 radical (unpaired) electrons. The summed E-state index contributed by atoms with van der Waals surface area (Å²) >= 11 is 12.1. The second-order valence-electron chi connectivity index (χ2n) is 5.65. The van der Waals surface area contributed by atoms with Crippen LogP contribution < -0.4 is 0 Å². The van der Waals surface area contributed by atoms with Gasteiger partial charge in [-0.1, -0.05) is 23.7 Å². The smallest absolute Gasteiger partial charge is 0.188 e. The molecule has 0 aliphatic rings. The van der Waals surface area contributed by atoms with Crippen LogP contribution >= 0.6 is 35.6 Å². The van der Waals surface area contributed by atoms with Crippen molar-refractivity contribution in [2.24, 2.45) is 0 Å². The van der Waals surface area contributed by atoms with E-state index in [4.69, 9.17) is 33.3 Å². The minimum Gasteiger partial charge on any atom is -0.481 e. The average molecular weight is 378 g/mol. The van der Waals surface area contributed by atoms with Gasteiger partial charge in [0.05, 0.1) is 24.0 Å². The molecule has 0 aliphatic heterocycles. The topological polar surface area (TPSA) is 56.9 Å². The van der Waals surface area contributed by atoms with Gasteiger partial charge in [0, 0.05) is 10.9 Å². The molecular formula is C17H23Cl3N2O. The van der Waals surface area contributed by atoms with Crippen LogP contribution in [0, 0.1) is 16.7 Å². The Morgan fingerprint density at radius 1 is 1.43 bits per heavy atom. The third-order valence-corrected chi connectivity index (χ3v) is 4.23. The van der Waals surface area contributed by atoms with Crippen LogP contribution in [-0.2, 0) is 10.2 Å². The van der Waals surface area contributed by atoms with Crippen molar-refractivity contribution in [3.8, 4) is 6.07 Å². The second kappa shape index (κ2) is 10.0. The number of hydrogen-bond donors (Lipinski definition) is 1. The predicted molar refractivity (Wildman–Crippen MR) is 99.4 cm³/mol. The lowest BCUT2D eigenvalue weighted by atomic mass is 9.83. The summed E-state index contributed by atoms with van der Waals surface area (Å²) in [6.45, 7) is 6.02. The zero-order valence-electron chi connectivity index (χ0n) is 13.7. The number of nitrogens with zero attached hydrogens (tertiary/aromatic N) is 1. The van der Waals surface area contributed by atoms with Crippen LogP contribution in [0.2, 0.25) is 5.02 Å². The number of alkyl halides is 1. The van der Waals surface area contributed by atoms with Gasteiger partial charge in [-0.05, 0) is 50.8 Å². The average Bonchev–Trinajstić information content (AvgIpc) is 2.49. The quantitative estimate of drug-likeness (QED) is 0.377. The van der Waals surface area contributed by atoms with Crippen LogP contribution in [0.15, 0.2) is 18.2 Å². The molecule has 0 aromatic heterocycles. The van der Waals surface area contributed by atoms with Gasteiger partial charge in [0.1, 0.15) is 0 Å². The molecule has 0 fully saturated rings. The third-order valence-electron chi connectivity index (χ3n) is 3.62. The molecule has 1 aromatic carbocycles. The lowest BCUT2D eigenvalue weighted by Gasteiger charge is -2.23. The second-order valence-corrected chi connectivity index (χ2v) is 6.44. The fraction of sp³-hybridized carbons (Fsp3) is 0.529. The largest absolute Gasteiger partial charge is 0.481 e. The fourth-order valence-electron chi connectivity index (χ4n) is 2.23. The number of rotatable bonds is 7. The molecule has 0 aliphatic carbocycles. The first-order chi connectivity index (χ1) is 10.4. The summed E-state index contributed by atoms with van der Waals surface area (Å²) in [7, 11) is 0. The van der Waals surface area contributed by atoms with Crippen LogP contribution in [0.4, 0.5) is 0 Å². The van der Waals surface area contributed by atoms with Gasteiger partial charge in [0.15, 0.2) is 5.90 Å². The predicted octanol–water partition coefficient (Wildman–Crippen LogP) is 5.68. The lowest BCUT2D eigenvalue weighted by molar-refractivity contribution is 0.305. The molecule has 0 heterocycles. The summed E-state index contributed by atoms with van der Waals surface area (Å²) in [4.78, 5) is 0. The molecule has 3 nitrogen and oxygen atoms in total. The molecule has 1 aromatic rings. The first-order valence-electron chi connectivity index (χ1n) is 7.35. The molecule has 6 heteroatoms. The van der Waals surface area contributed by atoms with Gasteiger partial charge in [-0.3, -0.25) is 5.41 Å². The van der Waals surface area contributed by atoms with Crippen molar-refractivity contribution in [3.63, 3.8) is 0 Å². The van der Waals surface area contributed by atoms with Gasteiger partial charge in [-0.15, -0.1) is 24.0 Å². The van der Waals surface area contributed by atoms with E-state index >= 15 is 0 Å². The Morgan fingerprint density at radius 2 is 2.09 bits per heavy atom. The van der Waals surface area contributed by atoms with Gasteiger partial charge >= 0.3 is 0 Å². The number of nitriles is 1. The van der Waals surface area contributed by atoms with E-state index < -0.39 is 5.41 Å². The van der Waals surface area contributed by atoms with E-state index in [1.54, 1.807) is 6.07 Å².